The number of likely N-dealkylation sites (tertiary alicyclic amines) is 1. The van der Waals surface area contributed by atoms with Gasteiger partial charge in [-0.1, -0.05) is 0 Å². The molecule has 0 saturated carbocycles. The Labute approximate surface area is 111 Å². The van der Waals surface area contributed by atoms with Gasteiger partial charge in [0.15, 0.2) is 0 Å². The fourth-order valence-corrected chi connectivity index (χ4v) is 2.11. The van der Waals surface area contributed by atoms with Crippen molar-refractivity contribution in [2.24, 2.45) is 5.92 Å². The first kappa shape index (κ1) is 15.9. The molecule has 1 aliphatic heterocycles. The summed E-state index contributed by atoms with van der Waals surface area (Å²) < 4.78 is 15.6. The topological polar surface area (TPSA) is 43.0 Å². The van der Waals surface area contributed by atoms with Crippen LogP contribution in [0.2, 0.25) is 0 Å². The van der Waals surface area contributed by atoms with E-state index in [4.69, 9.17) is 14.2 Å². The highest BCUT2D eigenvalue weighted by Crippen LogP contribution is 2.12. The maximum atomic E-state index is 5.46. The summed E-state index contributed by atoms with van der Waals surface area (Å²) in [6.45, 7) is 7.87. The average molecular weight is 260 g/mol. The lowest BCUT2D eigenvalue weighted by Gasteiger charge is -2.11. The summed E-state index contributed by atoms with van der Waals surface area (Å²) in [4.78, 5) is 2.39. The van der Waals surface area contributed by atoms with Gasteiger partial charge in [-0.2, -0.15) is 0 Å². The highest BCUT2D eigenvalue weighted by Gasteiger charge is 2.18. The van der Waals surface area contributed by atoms with Crippen molar-refractivity contribution in [3.63, 3.8) is 0 Å². The van der Waals surface area contributed by atoms with Crippen LogP contribution in [0.3, 0.4) is 0 Å². The van der Waals surface area contributed by atoms with Gasteiger partial charge in [-0.3, -0.25) is 0 Å². The molecule has 0 bridgehead atoms. The Morgan fingerprint density at radius 3 is 2.50 bits per heavy atom. The van der Waals surface area contributed by atoms with E-state index in [0.717, 1.165) is 25.6 Å². The van der Waals surface area contributed by atoms with Crippen LogP contribution in [-0.2, 0) is 14.2 Å². The molecule has 1 atom stereocenters. The van der Waals surface area contributed by atoms with Crippen molar-refractivity contribution < 1.29 is 14.2 Å². The predicted molar refractivity (Wildman–Crippen MR) is 72.0 cm³/mol. The third-order valence-electron chi connectivity index (χ3n) is 3.15. The maximum absolute atomic E-state index is 5.46. The number of nitrogens with one attached hydrogen (secondary N) is 1. The second-order valence-corrected chi connectivity index (χ2v) is 4.84. The minimum atomic E-state index is 0.646. The molecule has 0 amide bonds. The van der Waals surface area contributed by atoms with Crippen LogP contribution >= 0.6 is 0 Å². The Morgan fingerprint density at radius 1 is 1.11 bits per heavy atom. The number of ether oxygens (including phenoxy) is 3. The molecule has 0 aromatic rings. The molecule has 1 heterocycles. The van der Waals surface area contributed by atoms with Gasteiger partial charge in [-0.05, 0) is 32.5 Å². The first-order valence-electron chi connectivity index (χ1n) is 6.86. The van der Waals surface area contributed by atoms with Gasteiger partial charge in [0.25, 0.3) is 0 Å². The van der Waals surface area contributed by atoms with Crippen LogP contribution in [0.15, 0.2) is 0 Å². The van der Waals surface area contributed by atoms with E-state index in [1.54, 1.807) is 7.11 Å². The van der Waals surface area contributed by atoms with E-state index in [0.29, 0.717) is 26.4 Å². The first-order chi connectivity index (χ1) is 8.83. The summed E-state index contributed by atoms with van der Waals surface area (Å²) in [6, 6.07) is 0. The normalized spacial score (nSPS) is 20.7. The fraction of sp³-hybridized carbons (Fsp3) is 1.00. The highest BCUT2D eigenvalue weighted by atomic mass is 16.5. The Kier molecular flexibility index (Phi) is 9.42. The average Bonchev–Trinajstić information content (AvgIpc) is 2.77. The zero-order valence-electron chi connectivity index (χ0n) is 11.8. The molecule has 1 fully saturated rings. The third kappa shape index (κ3) is 8.00. The van der Waals surface area contributed by atoms with Gasteiger partial charge in [0.2, 0.25) is 0 Å². The standard InChI is InChI=1S/C13H28N2O3/c1-15-5-3-13(12-15)11-14-4-6-17-9-10-18-8-7-16-2/h13-14H,3-12H2,1-2H3. The summed E-state index contributed by atoms with van der Waals surface area (Å²) in [7, 11) is 3.86. The molecular weight excluding hydrogens is 232 g/mol. The lowest BCUT2D eigenvalue weighted by Crippen LogP contribution is -2.28. The SMILES string of the molecule is COCCOCCOCCNCC1CCN(C)C1. The quantitative estimate of drug-likeness (QED) is 0.538. The van der Waals surface area contributed by atoms with E-state index in [9.17, 15) is 0 Å². The lowest BCUT2D eigenvalue weighted by molar-refractivity contribution is 0.0255. The Balaban J connectivity index is 1.73. The molecule has 1 aliphatic rings. The maximum Gasteiger partial charge on any atom is 0.0701 e. The van der Waals surface area contributed by atoms with E-state index in [1.165, 1.54) is 19.5 Å². The molecule has 0 spiro atoms. The molecule has 0 aliphatic carbocycles. The molecule has 18 heavy (non-hydrogen) atoms. The summed E-state index contributed by atoms with van der Waals surface area (Å²) in [6.07, 6.45) is 1.32. The molecule has 0 aromatic heterocycles. The summed E-state index contributed by atoms with van der Waals surface area (Å²) >= 11 is 0. The first-order valence-corrected chi connectivity index (χ1v) is 6.86. The number of nitrogens with zero attached hydrogens (tertiary/aromatic N) is 1. The van der Waals surface area contributed by atoms with Gasteiger partial charge in [-0.15, -0.1) is 0 Å². The molecule has 5 heteroatoms. The van der Waals surface area contributed by atoms with Crippen LogP contribution in [0.1, 0.15) is 6.42 Å². The predicted octanol–water partition coefficient (Wildman–Crippen LogP) is 0.207. The minimum Gasteiger partial charge on any atom is -0.382 e. The van der Waals surface area contributed by atoms with Gasteiger partial charge in [0, 0.05) is 20.2 Å². The van der Waals surface area contributed by atoms with Crippen molar-refractivity contribution >= 4 is 0 Å². The lowest BCUT2D eigenvalue weighted by atomic mass is 10.1. The van der Waals surface area contributed by atoms with E-state index >= 15 is 0 Å². The Hall–Kier alpha value is -0.200. The summed E-state index contributed by atoms with van der Waals surface area (Å²) in [5, 5.41) is 3.45. The van der Waals surface area contributed by atoms with Gasteiger partial charge in [0.1, 0.15) is 0 Å². The largest absolute Gasteiger partial charge is 0.382 e. The van der Waals surface area contributed by atoms with Gasteiger partial charge in [-0.25, -0.2) is 0 Å². The molecule has 5 nitrogen and oxygen atoms in total. The van der Waals surface area contributed by atoms with Gasteiger partial charge >= 0.3 is 0 Å². The van der Waals surface area contributed by atoms with Gasteiger partial charge < -0.3 is 24.4 Å². The molecule has 1 saturated heterocycles. The van der Waals surface area contributed by atoms with Crippen molar-refractivity contribution in [3.8, 4) is 0 Å². The van der Waals surface area contributed by atoms with Crippen LogP contribution < -0.4 is 5.32 Å². The van der Waals surface area contributed by atoms with Crippen molar-refractivity contribution in [1.82, 2.24) is 10.2 Å². The van der Waals surface area contributed by atoms with E-state index < -0.39 is 0 Å². The van der Waals surface area contributed by atoms with Crippen LogP contribution in [0.4, 0.5) is 0 Å². The van der Waals surface area contributed by atoms with E-state index in [2.05, 4.69) is 17.3 Å². The zero-order valence-corrected chi connectivity index (χ0v) is 11.8. The molecule has 1 N–H and O–H groups in total. The van der Waals surface area contributed by atoms with Crippen LogP contribution in [-0.4, -0.2) is 78.3 Å². The van der Waals surface area contributed by atoms with Crippen LogP contribution in [0.5, 0.6) is 0 Å². The second kappa shape index (κ2) is 10.7. The third-order valence-corrected chi connectivity index (χ3v) is 3.15. The summed E-state index contributed by atoms with van der Waals surface area (Å²) in [5.41, 5.74) is 0. The van der Waals surface area contributed by atoms with E-state index in [1.807, 2.05) is 0 Å². The minimum absolute atomic E-state index is 0.646. The van der Waals surface area contributed by atoms with Gasteiger partial charge in [0.05, 0.1) is 33.0 Å². The van der Waals surface area contributed by atoms with Crippen molar-refractivity contribution in [2.45, 2.75) is 6.42 Å². The highest BCUT2D eigenvalue weighted by molar-refractivity contribution is 4.74. The van der Waals surface area contributed by atoms with Crippen molar-refractivity contribution in [1.29, 1.82) is 0 Å². The molecule has 1 unspecified atom stereocenters. The molecule has 108 valence electrons. The smallest absolute Gasteiger partial charge is 0.0701 e. The number of rotatable bonds is 11. The van der Waals surface area contributed by atoms with E-state index in [-0.39, 0.29) is 0 Å². The van der Waals surface area contributed by atoms with Crippen LogP contribution in [0.25, 0.3) is 0 Å². The zero-order chi connectivity index (χ0) is 13.1. The van der Waals surface area contributed by atoms with Crippen molar-refractivity contribution in [2.75, 3.05) is 73.4 Å². The van der Waals surface area contributed by atoms with Crippen molar-refractivity contribution in [3.05, 3.63) is 0 Å². The molecule has 0 radical (unpaired) electrons. The number of hydrogen-bond acceptors (Lipinski definition) is 5. The monoisotopic (exact) mass is 260 g/mol. The summed E-state index contributed by atoms with van der Waals surface area (Å²) in [5.74, 6) is 0.812. The molecule has 0 aromatic carbocycles. The second-order valence-electron chi connectivity index (χ2n) is 4.84. The molecular formula is C13H28N2O3. The number of hydrogen-bond donors (Lipinski definition) is 1. The molecule has 1 rings (SSSR count). The Bertz CT molecular complexity index is 193. The number of methoxy groups -OCH3 is 1. The fourth-order valence-electron chi connectivity index (χ4n) is 2.11. The Morgan fingerprint density at radius 2 is 1.83 bits per heavy atom. The van der Waals surface area contributed by atoms with Crippen LogP contribution in [0, 0.1) is 5.92 Å².